The second-order valence-electron chi connectivity index (χ2n) is 5.56. The second kappa shape index (κ2) is 6.72. The van der Waals surface area contributed by atoms with Gasteiger partial charge >= 0.3 is 5.97 Å². The predicted octanol–water partition coefficient (Wildman–Crippen LogP) is 1.95. The van der Waals surface area contributed by atoms with Crippen molar-refractivity contribution in [3.8, 4) is 0 Å². The van der Waals surface area contributed by atoms with Gasteiger partial charge in [0.05, 0.1) is 17.8 Å². The molecule has 1 N–H and O–H groups in total. The van der Waals surface area contributed by atoms with Crippen LogP contribution in [0.15, 0.2) is 24.3 Å². The van der Waals surface area contributed by atoms with Gasteiger partial charge in [-0.25, -0.2) is 4.79 Å². The molecule has 1 aromatic carbocycles. The molecule has 0 spiro atoms. The molecule has 0 aliphatic carbocycles. The molecule has 21 heavy (non-hydrogen) atoms. The number of carbonyl (C=O) groups excluding carboxylic acids is 1. The Morgan fingerprint density at radius 1 is 1.19 bits per heavy atom. The maximum atomic E-state index is 12.2. The average Bonchev–Trinajstić information content (AvgIpc) is 2.44. The Labute approximate surface area is 124 Å². The van der Waals surface area contributed by atoms with Crippen LogP contribution in [0.1, 0.15) is 36.2 Å². The van der Waals surface area contributed by atoms with Gasteiger partial charge in [0.2, 0.25) is 5.91 Å². The van der Waals surface area contributed by atoms with E-state index in [1.165, 1.54) is 0 Å². The first-order valence-electron chi connectivity index (χ1n) is 7.21. The maximum absolute atomic E-state index is 12.2. The Morgan fingerprint density at radius 3 is 2.29 bits per heavy atom. The van der Waals surface area contributed by atoms with Gasteiger partial charge in [0, 0.05) is 19.5 Å². The fraction of sp³-hybridized carbons (Fsp3) is 0.500. The van der Waals surface area contributed by atoms with Crippen molar-refractivity contribution in [2.45, 2.75) is 38.9 Å². The summed E-state index contributed by atoms with van der Waals surface area (Å²) in [5.41, 5.74) is 1.24. The summed E-state index contributed by atoms with van der Waals surface area (Å²) < 4.78 is 5.62. The van der Waals surface area contributed by atoms with Gasteiger partial charge in [-0.2, -0.15) is 0 Å². The smallest absolute Gasteiger partial charge is 0.335 e. The van der Waals surface area contributed by atoms with E-state index < -0.39 is 5.97 Å². The van der Waals surface area contributed by atoms with Crippen molar-refractivity contribution in [3.63, 3.8) is 0 Å². The van der Waals surface area contributed by atoms with Gasteiger partial charge in [-0.3, -0.25) is 4.79 Å². The summed E-state index contributed by atoms with van der Waals surface area (Å²) in [6, 6.07) is 6.67. The van der Waals surface area contributed by atoms with E-state index in [0.717, 1.165) is 5.56 Å². The number of hydrogen-bond donors (Lipinski definition) is 1. The number of nitrogens with zero attached hydrogens (tertiary/aromatic N) is 1. The summed E-state index contributed by atoms with van der Waals surface area (Å²) in [5, 5.41) is 8.84. The predicted molar refractivity (Wildman–Crippen MR) is 78.3 cm³/mol. The number of ether oxygens (including phenoxy) is 1. The number of aryl methyl sites for hydroxylation is 1. The highest BCUT2D eigenvalue weighted by atomic mass is 16.5. The maximum Gasteiger partial charge on any atom is 0.335 e. The van der Waals surface area contributed by atoms with Crippen LogP contribution in [-0.4, -0.2) is 47.2 Å². The Bertz CT molecular complexity index is 502. The first-order chi connectivity index (χ1) is 9.95. The summed E-state index contributed by atoms with van der Waals surface area (Å²) in [4.78, 5) is 24.8. The van der Waals surface area contributed by atoms with Crippen LogP contribution >= 0.6 is 0 Å². The van der Waals surface area contributed by atoms with Crippen molar-refractivity contribution < 1.29 is 19.4 Å². The van der Waals surface area contributed by atoms with Gasteiger partial charge in [0.1, 0.15) is 0 Å². The highest BCUT2D eigenvalue weighted by molar-refractivity contribution is 5.87. The zero-order valence-corrected chi connectivity index (χ0v) is 12.4. The third-order valence-electron chi connectivity index (χ3n) is 3.60. The lowest BCUT2D eigenvalue weighted by Gasteiger charge is -2.35. The molecule has 1 saturated heterocycles. The molecule has 1 fully saturated rings. The molecule has 1 aliphatic rings. The molecule has 1 aliphatic heterocycles. The van der Waals surface area contributed by atoms with Crippen molar-refractivity contribution in [1.29, 1.82) is 0 Å². The van der Waals surface area contributed by atoms with Crippen molar-refractivity contribution in [2.75, 3.05) is 13.1 Å². The summed E-state index contributed by atoms with van der Waals surface area (Å²) in [7, 11) is 0. The number of morpholine rings is 1. The van der Waals surface area contributed by atoms with Crippen molar-refractivity contribution in [1.82, 2.24) is 4.90 Å². The zero-order chi connectivity index (χ0) is 15.4. The second-order valence-corrected chi connectivity index (χ2v) is 5.56. The van der Waals surface area contributed by atoms with Gasteiger partial charge in [-0.05, 0) is 38.0 Å². The van der Waals surface area contributed by atoms with E-state index >= 15 is 0 Å². The molecule has 0 bridgehead atoms. The van der Waals surface area contributed by atoms with Crippen molar-refractivity contribution >= 4 is 11.9 Å². The van der Waals surface area contributed by atoms with E-state index in [2.05, 4.69) is 0 Å². The minimum absolute atomic E-state index is 0.0764. The summed E-state index contributed by atoms with van der Waals surface area (Å²) in [5.74, 6) is -0.812. The molecule has 114 valence electrons. The van der Waals surface area contributed by atoms with E-state index in [9.17, 15) is 9.59 Å². The largest absolute Gasteiger partial charge is 0.478 e. The summed E-state index contributed by atoms with van der Waals surface area (Å²) in [6.07, 6.45) is 1.21. The molecule has 0 aromatic heterocycles. The van der Waals surface area contributed by atoms with Gasteiger partial charge in [-0.15, -0.1) is 0 Å². The Morgan fingerprint density at radius 2 is 1.76 bits per heavy atom. The van der Waals surface area contributed by atoms with Crippen LogP contribution in [0.5, 0.6) is 0 Å². The molecule has 0 radical (unpaired) electrons. The van der Waals surface area contributed by atoms with E-state index in [-0.39, 0.29) is 23.7 Å². The average molecular weight is 291 g/mol. The third-order valence-corrected chi connectivity index (χ3v) is 3.60. The number of carboxylic acids is 1. The minimum atomic E-state index is -0.936. The normalized spacial score (nSPS) is 22.1. The van der Waals surface area contributed by atoms with Crippen LogP contribution in [0, 0.1) is 0 Å². The number of hydrogen-bond acceptors (Lipinski definition) is 3. The topological polar surface area (TPSA) is 66.8 Å². The number of carboxylic acid groups (broad SMARTS) is 1. The van der Waals surface area contributed by atoms with Gasteiger partial charge in [0.15, 0.2) is 0 Å². The number of carbonyl (C=O) groups is 2. The molecule has 1 amide bonds. The molecule has 1 aromatic rings. The summed E-state index contributed by atoms with van der Waals surface area (Å²) >= 11 is 0. The van der Waals surface area contributed by atoms with E-state index in [1.807, 2.05) is 18.7 Å². The highest BCUT2D eigenvalue weighted by Crippen LogP contribution is 2.13. The first-order valence-corrected chi connectivity index (χ1v) is 7.21. The van der Waals surface area contributed by atoms with Crippen LogP contribution in [0.4, 0.5) is 0 Å². The monoisotopic (exact) mass is 291 g/mol. The molecule has 1 heterocycles. The zero-order valence-electron chi connectivity index (χ0n) is 12.4. The highest BCUT2D eigenvalue weighted by Gasteiger charge is 2.25. The van der Waals surface area contributed by atoms with Crippen molar-refractivity contribution in [3.05, 3.63) is 35.4 Å². The quantitative estimate of drug-likeness (QED) is 0.920. The first kappa shape index (κ1) is 15.5. The van der Waals surface area contributed by atoms with E-state index in [4.69, 9.17) is 9.84 Å². The van der Waals surface area contributed by atoms with Gasteiger partial charge in [0.25, 0.3) is 0 Å². The lowest BCUT2D eigenvalue weighted by molar-refractivity contribution is -0.143. The molecule has 5 heteroatoms. The van der Waals surface area contributed by atoms with Crippen LogP contribution in [0.3, 0.4) is 0 Å². The van der Waals surface area contributed by atoms with Crippen LogP contribution < -0.4 is 0 Å². The fourth-order valence-electron chi connectivity index (χ4n) is 2.60. The Hall–Kier alpha value is -1.88. The molecule has 2 unspecified atom stereocenters. The number of rotatable bonds is 4. The molecular formula is C16H21NO4. The number of amides is 1. The lowest BCUT2D eigenvalue weighted by Crippen LogP contribution is -2.48. The van der Waals surface area contributed by atoms with Gasteiger partial charge < -0.3 is 14.7 Å². The SMILES string of the molecule is CC1CN(C(=O)CCc2ccc(C(=O)O)cc2)CC(C)O1. The molecule has 2 atom stereocenters. The Balaban J connectivity index is 1.87. The molecule has 5 nitrogen and oxygen atoms in total. The Kier molecular flexibility index (Phi) is 4.96. The van der Waals surface area contributed by atoms with Crippen LogP contribution in [0.2, 0.25) is 0 Å². The molecule has 0 saturated carbocycles. The third kappa shape index (κ3) is 4.29. The van der Waals surface area contributed by atoms with Gasteiger partial charge in [-0.1, -0.05) is 12.1 Å². The fourth-order valence-corrected chi connectivity index (χ4v) is 2.60. The number of aromatic carboxylic acids is 1. The molecular weight excluding hydrogens is 270 g/mol. The van der Waals surface area contributed by atoms with E-state index in [0.29, 0.717) is 25.9 Å². The minimum Gasteiger partial charge on any atom is -0.478 e. The van der Waals surface area contributed by atoms with Crippen LogP contribution in [0.25, 0.3) is 0 Å². The standard InChI is InChI=1S/C16H21NO4/c1-11-9-17(10-12(2)21-11)15(18)8-5-13-3-6-14(7-4-13)16(19)20/h3-4,6-7,11-12H,5,8-10H2,1-2H3,(H,19,20). The van der Waals surface area contributed by atoms with Crippen LogP contribution in [-0.2, 0) is 16.0 Å². The molecule has 2 rings (SSSR count). The number of benzene rings is 1. The van der Waals surface area contributed by atoms with E-state index in [1.54, 1.807) is 24.3 Å². The summed E-state index contributed by atoms with van der Waals surface area (Å²) in [6.45, 7) is 5.23. The lowest BCUT2D eigenvalue weighted by atomic mass is 10.1. The van der Waals surface area contributed by atoms with Crippen molar-refractivity contribution in [2.24, 2.45) is 0 Å².